The molecular formula is C9H6ClF3N2O. The van der Waals surface area contributed by atoms with Crippen LogP contribution in [0.15, 0.2) is 18.5 Å². The van der Waals surface area contributed by atoms with Gasteiger partial charge in [-0.25, -0.2) is 4.98 Å². The third kappa shape index (κ3) is 1.85. The van der Waals surface area contributed by atoms with Gasteiger partial charge in [0.1, 0.15) is 0 Å². The molecule has 2 aromatic heterocycles. The van der Waals surface area contributed by atoms with Crippen LogP contribution < -0.4 is 0 Å². The first-order valence-corrected chi connectivity index (χ1v) is 4.65. The molecule has 0 aliphatic rings. The summed E-state index contributed by atoms with van der Waals surface area (Å²) in [5.41, 5.74) is -0.396. The molecule has 0 spiro atoms. The Labute approximate surface area is 93.1 Å². The Morgan fingerprint density at radius 2 is 2.06 bits per heavy atom. The van der Waals surface area contributed by atoms with E-state index in [1.165, 1.54) is 6.20 Å². The van der Waals surface area contributed by atoms with Gasteiger partial charge in [-0.15, -0.1) is 0 Å². The standard InChI is InChI=1S/C9H6ClF3N2O/c10-7-1-5(9(11,12)13)2-15-3-6(4-16)14-8(7)15/h1-3,16H,4H2. The van der Waals surface area contributed by atoms with Gasteiger partial charge in [-0.2, -0.15) is 13.2 Å². The van der Waals surface area contributed by atoms with Crippen LogP contribution in [0.2, 0.25) is 5.02 Å². The van der Waals surface area contributed by atoms with E-state index in [4.69, 9.17) is 16.7 Å². The van der Waals surface area contributed by atoms with Crippen molar-refractivity contribution in [2.24, 2.45) is 0 Å². The highest BCUT2D eigenvalue weighted by Crippen LogP contribution is 2.32. The van der Waals surface area contributed by atoms with Crippen LogP contribution in [0.5, 0.6) is 0 Å². The number of rotatable bonds is 1. The zero-order chi connectivity index (χ0) is 11.9. The lowest BCUT2D eigenvalue weighted by molar-refractivity contribution is -0.137. The van der Waals surface area contributed by atoms with Crippen molar-refractivity contribution in [1.82, 2.24) is 9.38 Å². The van der Waals surface area contributed by atoms with E-state index < -0.39 is 11.7 Å². The van der Waals surface area contributed by atoms with Gasteiger partial charge in [-0.3, -0.25) is 0 Å². The van der Waals surface area contributed by atoms with Gasteiger partial charge in [-0.05, 0) is 6.07 Å². The van der Waals surface area contributed by atoms with E-state index in [1.807, 2.05) is 0 Å². The fourth-order valence-electron chi connectivity index (χ4n) is 1.34. The van der Waals surface area contributed by atoms with Gasteiger partial charge in [0.15, 0.2) is 5.65 Å². The highest BCUT2D eigenvalue weighted by atomic mass is 35.5. The average molecular weight is 251 g/mol. The van der Waals surface area contributed by atoms with Gasteiger partial charge >= 0.3 is 6.18 Å². The number of fused-ring (bicyclic) bond motifs is 1. The SMILES string of the molecule is OCc1cn2cc(C(F)(F)F)cc(Cl)c2n1. The first-order valence-electron chi connectivity index (χ1n) is 4.27. The lowest BCUT2D eigenvalue weighted by Crippen LogP contribution is -2.06. The van der Waals surface area contributed by atoms with Crippen molar-refractivity contribution in [3.8, 4) is 0 Å². The Morgan fingerprint density at radius 3 is 2.62 bits per heavy atom. The van der Waals surface area contributed by atoms with E-state index in [2.05, 4.69) is 4.98 Å². The topological polar surface area (TPSA) is 37.5 Å². The van der Waals surface area contributed by atoms with E-state index in [0.717, 1.165) is 16.7 Å². The lowest BCUT2D eigenvalue weighted by Gasteiger charge is -2.07. The fraction of sp³-hybridized carbons (Fsp3) is 0.222. The molecule has 3 nitrogen and oxygen atoms in total. The molecule has 0 aliphatic heterocycles. The maximum atomic E-state index is 12.4. The van der Waals surface area contributed by atoms with Crippen molar-refractivity contribution in [1.29, 1.82) is 0 Å². The molecule has 7 heteroatoms. The summed E-state index contributed by atoms with van der Waals surface area (Å²) in [6.45, 7) is -0.348. The van der Waals surface area contributed by atoms with Crippen molar-refractivity contribution >= 4 is 17.2 Å². The molecule has 0 radical (unpaired) electrons. The van der Waals surface area contributed by atoms with Gasteiger partial charge in [0.25, 0.3) is 0 Å². The summed E-state index contributed by atoms with van der Waals surface area (Å²) in [4.78, 5) is 3.87. The Hall–Kier alpha value is -1.27. The summed E-state index contributed by atoms with van der Waals surface area (Å²) in [5, 5.41) is 8.72. The number of pyridine rings is 1. The Bertz CT molecular complexity index is 535. The minimum absolute atomic E-state index is 0.102. The van der Waals surface area contributed by atoms with Gasteiger partial charge in [-0.1, -0.05) is 11.6 Å². The third-order valence-corrected chi connectivity index (χ3v) is 2.32. The van der Waals surface area contributed by atoms with Crippen LogP contribution in [0.3, 0.4) is 0 Å². The maximum Gasteiger partial charge on any atom is 0.417 e. The van der Waals surface area contributed by atoms with Crippen molar-refractivity contribution < 1.29 is 18.3 Å². The van der Waals surface area contributed by atoms with Crippen molar-refractivity contribution in [3.05, 3.63) is 34.7 Å². The smallest absolute Gasteiger partial charge is 0.390 e. The molecule has 0 amide bonds. The predicted octanol–water partition coefficient (Wildman–Crippen LogP) is 2.50. The molecule has 0 saturated heterocycles. The largest absolute Gasteiger partial charge is 0.417 e. The Balaban J connectivity index is 2.67. The summed E-state index contributed by atoms with van der Waals surface area (Å²) in [6.07, 6.45) is -2.27. The average Bonchev–Trinajstić information content (AvgIpc) is 2.59. The van der Waals surface area contributed by atoms with Gasteiger partial charge < -0.3 is 9.51 Å². The van der Waals surface area contributed by atoms with Crippen LogP contribution in [0.1, 0.15) is 11.3 Å². The van der Waals surface area contributed by atoms with Crippen molar-refractivity contribution in [2.75, 3.05) is 0 Å². The lowest BCUT2D eigenvalue weighted by atomic mass is 10.3. The number of halogens is 4. The summed E-state index contributed by atoms with van der Waals surface area (Å²) in [6, 6.07) is 0.811. The number of aliphatic hydroxyl groups excluding tert-OH is 1. The van der Waals surface area contributed by atoms with Crippen LogP contribution in [-0.4, -0.2) is 14.5 Å². The van der Waals surface area contributed by atoms with Gasteiger partial charge in [0.2, 0.25) is 0 Å². The van der Waals surface area contributed by atoms with Crippen LogP contribution >= 0.6 is 11.6 Å². The third-order valence-electron chi connectivity index (χ3n) is 2.05. The molecule has 86 valence electrons. The summed E-state index contributed by atoms with van der Waals surface area (Å²) in [5.74, 6) is 0. The van der Waals surface area contributed by atoms with Crippen LogP contribution in [0.25, 0.3) is 5.65 Å². The molecule has 0 bridgehead atoms. The van der Waals surface area contributed by atoms with Crippen LogP contribution in [-0.2, 0) is 12.8 Å². The monoisotopic (exact) mass is 250 g/mol. The second-order valence-corrected chi connectivity index (χ2v) is 3.60. The number of imidazole rings is 1. The number of aromatic nitrogens is 2. The summed E-state index contributed by atoms with van der Waals surface area (Å²) in [7, 11) is 0. The minimum atomic E-state index is -4.46. The number of alkyl halides is 3. The van der Waals surface area contributed by atoms with E-state index in [-0.39, 0.29) is 23.0 Å². The van der Waals surface area contributed by atoms with E-state index in [0.29, 0.717) is 0 Å². The summed E-state index contributed by atoms with van der Waals surface area (Å²) < 4.78 is 38.5. The number of hydrogen-bond acceptors (Lipinski definition) is 2. The molecular weight excluding hydrogens is 245 g/mol. The summed E-state index contributed by atoms with van der Waals surface area (Å²) >= 11 is 5.67. The predicted molar refractivity (Wildman–Crippen MR) is 51.1 cm³/mol. The highest BCUT2D eigenvalue weighted by molar-refractivity contribution is 6.33. The first-order chi connectivity index (χ1) is 7.41. The molecule has 0 unspecified atom stereocenters. The van der Waals surface area contributed by atoms with Crippen LogP contribution in [0, 0.1) is 0 Å². The normalized spacial score (nSPS) is 12.3. The highest BCUT2D eigenvalue weighted by Gasteiger charge is 2.31. The zero-order valence-electron chi connectivity index (χ0n) is 7.79. The van der Waals surface area contributed by atoms with Crippen molar-refractivity contribution in [3.63, 3.8) is 0 Å². The fourth-order valence-corrected chi connectivity index (χ4v) is 1.60. The number of nitrogens with zero attached hydrogens (tertiary/aromatic N) is 2. The molecule has 1 N–H and O–H groups in total. The molecule has 0 fully saturated rings. The molecule has 0 aromatic carbocycles. The molecule has 2 aromatic rings. The molecule has 0 aliphatic carbocycles. The van der Waals surface area contributed by atoms with Crippen molar-refractivity contribution in [2.45, 2.75) is 12.8 Å². The Morgan fingerprint density at radius 1 is 1.38 bits per heavy atom. The quantitative estimate of drug-likeness (QED) is 0.844. The first kappa shape index (κ1) is 11.2. The number of hydrogen-bond donors (Lipinski definition) is 1. The second-order valence-electron chi connectivity index (χ2n) is 3.20. The van der Waals surface area contributed by atoms with Crippen LogP contribution in [0.4, 0.5) is 13.2 Å². The number of aliphatic hydroxyl groups is 1. The molecule has 0 saturated carbocycles. The van der Waals surface area contributed by atoms with Gasteiger partial charge in [0, 0.05) is 12.4 Å². The molecule has 0 atom stereocenters. The van der Waals surface area contributed by atoms with E-state index in [1.54, 1.807) is 0 Å². The zero-order valence-corrected chi connectivity index (χ0v) is 8.55. The maximum absolute atomic E-state index is 12.4. The molecule has 2 heterocycles. The van der Waals surface area contributed by atoms with E-state index in [9.17, 15) is 13.2 Å². The van der Waals surface area contributed by atoms with Gasteiger partial charge in [0.05, 0.1) is 22.9 Å². The molecule has 16 heavy (non-hydrogen) atoms. The molecule has 2 rings (SSSR count). The Kier molecular flexibility index (Phi) is 2.55. The van der Waals surface area contributed by atoms with E-state index >= 15 is 0 Å². The minimum Gasteiger partial charge on any atom is -0.390 e. The second kappa shape index (κ2) is 3.64.